The van der Waals surface area contributed by atoms with E-state index in [1.807, 2.05) is 0 Å². The third kappa shape index (κ3) is 2.25. The van der Waals surface area contributed by atoms with Crippen molar-refractivity contribution in [3.63, 3.8) is 0 Å². The Hall–Kier alpha value is -0.700. The van der Waals surface area contributed by atoms with Crippen LogP contribution in [0.25, 0.3) is 0 Å². The number of carbonyl (C=O) groups excluding carboxylic acids is 1. The number of carbonyl (C=O) groups is 1. The molecule has 3 heteroatoms. The molecule has 1 aromatic carbocycles. The highest BCUT2D eigenvalue weighted by molar-refractivity contribution is 9.10. The predicted molar refractivity (Wildman–Crippen MR) is 71.7 cm³/mol. The van der Waals surface area contributed by atoms with Gasteiger partial charge in [-0.15, -0.1) is 0 Å². The first kappa shape index (κ1) is 12.3. The summed E-state index contributed by atoms with van der Waals surface area (Å²) in [6, 6.07) is 4.57. The lowest BCUT2D eigenvalue weighted by molar-refractivity contribution is -0.123. The van der Waals surface area contributed by atoms with Gasteiger partial charge in [0.2, 0.25) is 0 Å². The maximum atomic E-state index is 13.0. The first-order chi connectivity index (χ1) is 8.63. The molecule has 0 spiro atoms. The van der Waals surface area contributed by atoms with Crippen LogP contribution in [-0.2, 0) is 11.2 Å². The van der Waals surface area contributed by atoms with Gasteiger partial charge in [0.25, 0.3) is 0 Å². The van der Waals surface area contributed by atoms with Gasteiger partial charge in [-0.2, -0.15) is 0 Å². The van der Waals surface area contributed by atoms with Crippen LogP contribution in [0.1, 0.15) is 31.2 Å². The van der Waals surface area contributed by atoms with E-state index < -0.39 is 0 Å². The molecule has 2 saturated carbocycles. The average Bonchev–Trinajstić information content (AvgIpc) is 2.94. The molecule has 2 fully saturated rings. The molecule has 0 amide bonds. The minimum absolute atomic E-state index is 0.265. The van der Waals surface area contributed by atoms with Crippen LogP contribution >= 0.6 is 15.9 Å². The van der Waals surface area contributed by atoms with Gasteiger partial charge < -0.3 is 0 Å². The molecule has 0 saturated heterocycles. The Balaban J connectivity index is 1.71. The van der Waals surface area contributed by atoms with Crippen molar-refractivity contribution in [3.05, 3.63) is 34.1 Å². The summed E-state index contributed by atoms with van der Waals surface area (Å²) in [4.78, 5) is 12.3. The largest absolute Gasteiger partial charge is 0.299 e. The van der Waals surface area contributed by atoms with Crippen LogP contribution in [0.2, 0.25) is 0 Å². The molecule has 3 unspecified atom stereocenters. The topological polar surface area (TPSA) is 17.1 Å². The molecule has 96 valence electrons. The lowest BCUT2D eigenvalue weighted by Crippen LogP contribution is -2.22. The molecule has 1 aromatic rings. The van der Waals surface area contributed by atoms with E-state index in [1.54, 1.807) is 6.07 Å². The minimum Gasteiger partial charge on any atom is -0.299 e. The Bertz CT molecular complexity index is 485. The predicted octanol–water partition coefficient (Wildman–Crippen LogP) is 4.14. The Morgan fingerprint density at radius 1 is 1.33 bits per heavy atom. The van der Waals surface area contributed by atoms with Crippen molar-refractivity contribution < 1.29 is 9.18 Å². The summed E-state index contributed by atoms with van der Waals surface area (Å²) >= 11 is 3.33. The summed E-state index contributed by atoms with van der Waals surface area (Å²) in [5.74, 6) is 1.76. The van der Waals surface area contributed by atoms with E-state index in [2.05, 4.69) is 15.9 Å². The van der Waals surface area contributed by atoms with Crippen LogP contribution in [-0.4, -0.2) is 5.78 Å². The SMILES string of the molecule is O=C(Cc1ccc(F)cc1Br)C1CC2CCC1C2. The van der Waals surface area contributed by atoms with Crippen molar-refractivity contribution in [2.24, 2.45) is 17.8 Å². The number of hydrogen-bond donors (Lipinski definition) is 0. The third-order valence-electron chi connectivity index (χ3n) is 4.53. The number of halogens is 2. The van der Waals surface area contributed by atoms with Crippen LogP contribution in [0.5, 0.6) is 0 Å². The number of ketones is 1. The van der Waals surface area contributed by atoms with E-state index in [0.29, 0.717) is 22.6 Å². The molecule has 0 aromatic heterocycles. The number of Topliss-reactive ketones (excluding diaryl/α,β-unsaturated/α-hetero) is 1. The Morgan fingerprint density at radius 2 is 2.17 bits per heavy atom. The van der Waals surface area contributed by atoms with Crippen molar-refractivity contribution >= 4 is 21.7 Å². The van der Waals surface area contributed by atoms with Crippen molar-refractivity contribution in [2.75, 3.05) is 0 Å². The normalized spacial score (nSPS) is 29.8. The molecule has 3 atom stereocenters. The lowest BCUT2D eigenvalue weighted by atomic mass is 9.83. The molecule has 18 heavy (non-hydrogen) atoms. The first-order valence-corrected chi connectivity index (χ1v) is 7.39. The number of fused-ring (bicyclic) bond motifs is 2. The van der Waals surface area contributed by atoms with Crippen molar-refractivity contribution in [1.82, 2.24) is 0 Å². The summed E-state index contributed by atoms with van der Waals surface area (Å²) in [6.07, 6.45) is 5.32. The molecule has 0 radical (unpaired) electrons. The molecule has 3 rings (SSSR count). The molecule has 0 aliphatic heterocycles. The van der Waals surface area contributed by atoms with Gasteiger partial charge in [0, 0.05) is 16.8 Å². The van der Waals surface area contributed by atoms with E-state index >= 15 is 0 Å². The highest BCUT2D eigenvalue weighted by Crippen LogP contribution is 2.48. The molecule has 2 bridgehead atoms. The quantitative estimate of drug-likeness (QED) is 0.820. The average molecular weight is 311 g/mol. The van der Waals surface area contributed by atoms with Crippen LogP contribution in [0.3, 0.4) is 0 Å². The van der Waals surface area contributed by atoms with E-state index in [9.17, 15) is 9.18 Å². The maximum Gasteiger partial charge on any atom is 0.140 e. The minimum atomic E-state index is -0.266. The van der Waals surface area contributed by atoms with Gasteiger partial charge >= 0.3 is 0 Å². The summed E-state index contributed by atoms with van der Waals surface area (Å²) in [5.41, 5.74) is 0.907. The maximum absolute atomic E-state index is 13.0. The Kier molecular flexibility index (Phi) is 3.27. The zero-order chi connectivity index (χ0) is 12.7. The fraction of sp³-hybridized carbons (Fsp3) is 0.533. The van der Waals surface area contributed by atoms with Crippen molar-refractivity contribution in [1.29, 1.82) is 0 Å². The summed E-state index contributed by atoms with van der Waals surface area (Å²) < 4.78 is 13.7. The fourth-order valence-electron chi connectivity index (χ4n) is 3.62. The fourth-order valence-corrected chi connectivity index (χ4v) is 4.11. The zero-order valence-electron chi connectivity index (χ0n) is 10.2. The van der Waals surface area contributed by atoms with Gasteiger partial charge in [-0.3, -0.25) is 4.79 Å². The molecule has 1 nitrogen and oxygen atoms in total. The Labute approximate surface area is 115 Å². The van der Waals surface area contributed by atoms with Crippen molar-refractivity contribution in [3.8, 4) is 0 Å². The van der Waals surface area contributed by atoms with Crippen LogP contribution < -0.4 is 0 Å². The van der Waals surface area contributed by atoms with Gasteiger partial charge in [0.15, 0.2) is 0 Å². The standard InChI is InChI=1S/C15H16BrFO/c16-14-8-12(17)4-3-11(14)7-15(18)13-6-9-1-2-10(13)5-9/h3-4,8-10,13H,1-2,5-7H2. The van der Waals surface area contributed by atoms with E-state index in [1.165, 1.54) is 31.4 Å². The molecule has 2 aliphatic carbocycles. The molecule has 0 N–H and O–H groups in total. The van der Waals surface area contributed by atoms with Gasteiger partial charge in [0.05, 0.1) is 0 Å². The highest BCUT2D eigenvalue weighted by Gasteiger charge is 2.42. The van der Waals surface area contributed by atoms with Crippen LogP contribution in [0, 0.1) is 23.6 Å². The second-order valence-electron chi connectivity index (χ2n) is 5.66. The summed E-state index contributed by atoms with van der Waals surface area (Å²) in [7, 11) is 0. The molecule has 2 aliphatic rings. The smallest absolute Gasteiger partial charge is 0.140 e. The lowest BCUT2D eigenvalue weighted by Gasteiger charge is -2.20. The molecular weight excluding hydrogens is 295 g/mol. The second kappa shape index (κ2) is 4.76. The van der Waals surface area contributed by atoms with Gasteiger partial charge in [-0.05, 0) is 48.8 Å². The van der Waals surface area contributed by atoms with E-state index in [0.717, 1.165) is 17.9 Å². The first-order valence-electron chi connectivity index (χ1n) is 6.60. The third-order valence-corrected chi connectivity index (χ3v) is 5.27. The van der Waals surface area contributed by atoms with Crippen molar-refractivity contribution in [2.45, 2.75) is 32.1 Å². The van der Waals surface area contributed by atoms with E-state index in [4.69, 9.17) is 0 Å². The van der Waals surface area contributed by atoms with Crippen LogP contribution in [0.15, 0.2) is 22.7 Å². The van der Waals surface area contributed by atoms with Crippen LogP contribution in [0.4, 0.5) is 4.39 Å². The number of rotatable bonds is 3. The Morgan fingerprint density at radius 3 is 2.78 bits per heavy atom. The monoisotopic (exact) mass is 310 g/mol. The highest BCUT2D eigenvalue weighted by atomic mass is 79.9. The molecule has 0 heterocycles. The zero-order valence-corrected chi connectivity index (χ0v) is 11.7. The van der Waals surface area contributed by atoms with E-state index in [-0.39, 0.29) is 11.7 Å². The second-order valence-corrected chi connectivity index (χ2v) is 6.51. The van der Waals surface area contributed by atoms with Gasteiger partial charge in [-0.25, -0.2) is 4.39 Å². The molecular formula is C15H16BrFO. The van der Waals surface area contributed by atoms with Gasteiger partial charge in [-0.1, -0.05) is 28.4 Å². The van der Waals surface area contributed by atoms with Gasteiger partial charge in [0.1, 0.15) is 11.6 Å². The summed E-state index contributed by atoms with van der Waals surface area (Å²) in [5, 5.41) is 0. The summed E-state index contributed by atoms with van der Waals surface area (Å²) in [6.45, 7) is 0. The number of benzene rings is 1. The number of hydrogen-bond acceptors (Lipinski definition) is 1.